The third kappa shape index (κ3) is 3.05. The van der Waals surface area contributed by atoms with Gasteiger partial charge in [-0.2, -0.15) is 13.2 Å². The van der Waals surface area contributed by atoms with Crippen molar-refractivity contribution in [2.45, 2.75) is 18.7 Å². The molecule has 1 N–H and O–H groups in total. The van der Waals surface area contributed by atoms with Crippen molar-refractivity contribution in [3.8, 4) is 11.3 Å². The van der Waals surface area contributed by atoms with E-state index in [0.29, 0.717) is 0 Å². The lowest BCUT2D eigenvalue weighted by molar-refractivity contribution is -0.267. The topological polar surface area (TPSA) is 59.4 Å². The average molecular weight is 325 g/mol. The summed E-state index contributed by atoms with van der Waals surface area (Å²) in [6, 6.07) is 9.87. The summed E-state index contributed by atoms with van der Waals surface area (Å²) in [5.74, 6) is -1.77. The first-order valence-corrected chi connectivity index (χ1v) is 6.79. The standard InChI is InChI=1S/C16H14F3NO3/c1-2-23-14(21)15(22,16(17,18)19)12-8-4-3-7-11(12)13-9-5-6-10-20-13/h3-10,22H,2H2,1H3. The van der Waals surface area contributed by atoms with Gasteiger partial charge in [0.2, 0.25) is 0 Å². The Kier molecular flexibility index (Phi) is 4.70. The molecule has 2 aromatic rings. The molecule has 0 fully saturated rings. The molecule has 23 heavy (non-hydrogen) atoms. The fourth-order valence-corrected chi connectivity index (χ4v) is 2.16. The summed E-state index contributed by atoms with van der Waals surface area (Å²) in [5, 5.41) is 10.2. The maximum atomic E-state index is 13.5. The maximum absolute atomic E-state index is 13.5. The lowest BCUT2D eigenvalue weighted by Gasteiger charge is -2.30. The van der Waals surface area contributed by atoms with Gasteiger partial charge in [-0.05, 0) is 19.1 Å². The van der Waals surface area contributed by atoms with Crippen molar-refractivity contribution >= 4 is 5.97 Å². The first-order chi connectivity index (χ1) is 10.8. The predicted molar refractivity (Wildman–Crippen MR) is 76.3 cm³/mol. The van der Waals surface area contributed by atoms with E-state index in [1.807, 2.05) is 0 Å². The Hall–Kier alpha value is -2.41. The van der Waals surface area contributed by atoms with E-state index in [4.69, 9.17) is 0 Å². The van der Waals surface area contributed by atoms with E-state index in [0.717, 1.165) is 6.07 Å². The van der Waals surface area contributed by atoms with Gasteiger partial charge < -0.3 is 9.84 Å². The molecule has 1 aromatic heterocycles. The van der Waals surface area contributed by atoms with E-state index in [1.54, 1.807) is 12.1 Å². The van der Waals surface area contributed by atoms with Crippen LogP contribution in [0.2, 0.25) is 0 Å². The average Bonchev–Trinajstić information content (AvgIpc) is 2.54. The Labute approximate surface area is 130 Å². The first kappa shape index (κ1) is 17.0. The molecule has 0 aliphatic carbocycles. The van der Waals surface area contributed by atoms with Crippen LogP contribution in [-0.2, 0) is 15.1 Å². The van der Waals surface area contributed by atoms with Gasteiger partial charge in [-0.25, -0.2) is 4.79 Å². The summed E-state index contributed by atoms with van der Waals surface area (Å²) in [6.07, 6.45) is -3.84. The number of aromatic nitrogens is 1. The fourth-order valence-electron chi connectivity index (χ4n) is 2.16. The normalized spacial score (nSPS) is 14.1. The Morgan fingerprint density at radius 1 is 1.17 bits per heavy atom. The minimum Gasteiger partial charge on any atom is -0.463 e. The van der Waals surface area contributed by atoms with Gasteiger partial charge in [-0.3, -0.25) is 4.98 Å². The highest BCUT2D eigenvalue weighted by Gasteiger charge is 2.63. The van der Waals surface area contributed by atoms with Crippen molar-refractivity contribution in [2.75, 3.05) is 6.61 Å². The molecule has 0 radical (unpaired) electrons. The van der Waals surface area contributed by atoms with Crippen LogP contribution in [0.15, 0.2) is 48.7 Å². The highest BCUT2D eigenvalue weighted by Crippen LogP contribution is 2.43. The van der Waals surface area contributed by atoms with E-state index in [1.165, 1.54) is 37.4 Å². The molecule has 0 aliphatic rings. The number of aliphatic hydroxyl groups is 1. The van der Waals surface area contributed by atoms with Crippen molar-refractivity contribution < 1.29 is 27.8 Å². The first-order valence-electron chi connectivity index (χ1n) is 6.79. The minimum atomic E-state index is -5.25. The molecule has 0 amide bonds. The number of ether oxygens (including phenoxy) is 1. The van der Waals surface area contributed by atoms with Gasteiger partial charge in [0.05, 0.1) is 12.3 Å². The Balaban J connectivity index is 2.69. The van der Waals surface area contributed by atoms with E-state index < -0.39 is 23.3 Å². The highest BCUT2D eigenvalue weighted by atomic mass is 19.4. The second kappa shape index (κ2) is 6.37. The van der Waals surface area contributed by atoms with Gasteiger partial charge in [0.25, 0.3) is 5.60 Å². The van der Waals surface area contributed by atoms with Crippen molar-refractivity contribution in [1.82, 2.24) is 4.98 Å². The molecule has 0 saturated carbocycles. The van der Waals surface area contributed by atoms with Gasteiger partial charge in [0.15, 0.2) is 0 Å². The summed E-state index contributed by atoms with van der Waals surface area (Å²) < 4.78 is 44.9. The number of carbonyl (C=O) groups excluding carboxylic acids is 1. The summed E-state index contributed by atoms with van der Waals surface area (Å²) in [4.78, 5) is 15.9. The van der Waals surface area contributed by atoms with E-state index in [9.17, 15) is 23.1 Å². The maximum Gasteiger partial charge on any atom is 0.432 e. The number of rotatable bonds is 4. The fraction of sp³-hybridized carbons (Fsp3) is 0.250. The molecule has 4 nitrogen and oxygen atoms in total. The number of halogens is 3. The predicted octanol–water partition coefficient (Wildman–Crippen LogP) is 3.06. The van der Waals surface area contributed by atoms with Crippen LogP contribution in [0.5, 0.6) is 0 Å². The van der Waals surface area contributed by atoms with Gasteiger partial charge in [-0.1, -0.05) is 30.3 Å². The van der Waals surface area contributed by atoms with Crippen LogP contribution in [0, 0.1) is 0 Å². The molecule has 1 aromatic carbocycles. The SMILES string of the molecule is CCOC(=O)C(O)(c1ccccc1-c1ccccn1)C(F)(F)F. The van der Waals surface area contributed by atoms with Crippen LogP contribution in [0.1, 0.15) is 12.5 Å². The smallest absolute Gasteiger partial charge is 0.432 e. The Morgan fingerprint density at radius 2 is 1.83 bits per heavy atom. The molecular weight excluding hydrogens is 311 g/mol. The second-order valence-electron chi connectivity index (χ2n) is 4.69. The number of alkyl halides is 3. The van der Waals surface area contributed by atoms with Gasteiger partial charge in [0, 0.05) is 17.3 Å². The molecule has 1 heterocycles. The molecule has 1 atom stereocenters. The zero-order valence-corrected chi connectivity index (χ0v) is 12.2. The summed E-state index contributed by atoms with van der Waals surface area (Å²) in [6.45, 7) is 1.07. The molecule has 1 unspecified atom stereocenters. The lowest BCUT2D eigenvalue weighted by atomic mass is 9.87. The van der Waals surface area contributed by atoms with Gasteiger partial charge in [0.1, 0.15) is 0 Å². The van der Waals surface area contributed by atoms with Crippen molar-refractivity contribution in [3.63, 3.8) is 0 Å². The second-order valence-corrected chi connectivity index (χ2v) is 4.69. The number of hydrogen-bond acceptors (Lipinski definition) is 4. The summed E-state index contributed by atoms with van der Waals surface area (Å²) in [7, 11) is 0. The van der Waals surface area contributed by atoms with Crippen molar-refractivity contribution in [2.24, 2.45) is 0 Å². The number of nitrogens with zero attached hydrogens (tertiary/aromatic N) is 1. The van der Waals surface area contributed by atoms with Crippen molar-refractivity contribution in [1.29, 1.82) is 0 Å². The van der Waals surface area contributed by atoms with Crippen LogP contribution in [0.3, 0.4) is 0 Å². The zero-order chi connectivity index (χ0) is 17.1. The lowest BCUT2D eigenvalue weighted by Crippen LogP contribution is -2.50. The Morgan fingerprint density at radius 3 is 2.39 bits per heavy atom. The van der Waals surface area contributed by atoms with Crippen LogP contribution in [0.25, 0.3) is 11.3 Å². The zero-order valence-electron chi connectivity index (χ0n) is 12.2. The van der Waals surface area contributed by atoms with Gasteiger partial charge >= 0.3 is 12.1 Å². The number of benzene rings is 1. The molecular formula is C16H14F3NO3. The summed E-state index contributed by atoms with van der Waals surface area (Å²) in [5.41, 5.74) is -4.18. The van der Waals surface area contributed by atoms with Crippen LogP contribution >= 0.6 is 0 Å². The molecule has 122 valence electrons. The number of esters is 1. The van der Waals surface area contributed by atoms with Crippen LogP contribution in [0.4, 0.5) is 13.2 Å². The molecule has 0 saturated heterocycles. The number of pyridine rings is 1. The third-order valence-corrected chi connectivity index (χ3v) is 3.24. The van der Waals surface area contributed by atoms with E-state index in [-0.39, 0.29) is 17.9 Å². The molecule has 7 heteroatoms. The minimum absolute atomic E-state index is 0.000906. The van der Waals surface area contributed by atoms with Gasteiger partial charge in [-0.15, -0.1) is 0 Å². The molecule has 0 bridgehead atoms. The highest BCUT2D eigenvalue weighted by molar-refractivity contribution is 5.85. The Bertz CT molecular complexity index is 688. The van der Waals surface area contributed by atoms with Crippen LogP contribution < -0.4 is 0 Å². The largest absolute Gasteiger partial charge is 0.463 e. The summed E-state index contributed by atoms with van der Waals surface area (Å²) >= 11 is 0. The van der Waals surface area contributed by atoms with E-state index in [2.05, 4.69) is 9.72 Å². The monoisotopic (exact) mass is 325 g/mol. The molecule has 2 rings (SSSR count). The van der Waals surface area contributed by atoms with E-state index >= 15 is 0 Å². The quantitative estimate of drug-likeness (QED) is 0.878. The number of carbonyl (C=O) groups is 1. The molecule has 0 spiro atoms. The third-order valence-electron chi connectivity index (χ3n) is 3.24. The molecule has 0 aliphatic heterocycles. The van der Waals surface area contributed by atoms with Crippen molar-refractivity contribution in [3.05, 3.63) is 54.2 Å². The van der Waals surface area contributed by atoms with Crippen LogP contribution in [-0.4, -0.2) is 28.8 Å². The number of hydrogen-bond donors (Lipinski definition) is 1.